The second-order valence-corrected chi connectivity index (χ2v) is 7.28. The Balaban J connectivity index is 1.57. The summed E-state index contributed by atoms with van der Waals surface area (Å²) in [6, 6.07) is 16.5. The molecule has 1 aromatic heterocycles. The number of aromatic nitrogens is 1. The van der Waals surface area contributed by atoms with Crippen LogP contribution < -0.4 is 10.2 Å². The van der Waals surface area contributed by atoms with Crippen LogP contribution in [0.3, 0.4) is 0 Å². The Morgan fingerprint density at radius 2 is 1.70 bits per heavy atom. The van der Waals surface area contributed by atoms with Gasteiger partial charge in [0.2, 0.25) is 0 Å². The molecule has 1 fully saturated rings. The van der Waals surface area contributed by atoms with E-state index in [4.69, 9.17) is 0 Å². The maximum Gasteiger partial charge on any atom is 0.272 e. The lowest BCUT2D eigenvalue weighted by Crippen LogP contribution is -2.29. The third-order valence-electron chi connectivity index (χ3n) is 5.60. The SMILES string of the molecule is CCn1c(C(=O)Nc2ccc(N3CCCCC3)cc2)c(C)c2ccccc21. The Hall–Kier alpha value is -2.75. The zero-order valence-corrected chi connectivity index (χ0v) is 16.2. The van der Waals surface area contributed by atoms with Gasteiger partial charge in [0.15, 0.2) is 0 Å². The van der Waals surface area contributed by atoms with E-state index in [1.807, 2.05) is 31.2 Å². The molecule has 1 saturated heterocycles. The fourth-order valence-corrected chi connectivity index (χ4v) is 4.20. The Morgan fingerprint density at radius 1 is 1.00 bits per heavy atom. The highest BCUT2D eigenvalue weighted by Crippen LogP contribution is 2.27. The van der Waals surface area contributed by atoms with Crippen LogP contribution in [0.15, 0.2) is 48.5 Å². The first-order valence-electron chi connectivity index (χ1n) is 9.93. The second kappa shape index (κ2) is 7.47. The van der Waals surface area contributed by atoms with Crippen LogP contribution >= 0.6 is 0 Å². The molecule has 4 rings (SSSR count). The van der Waals surface area contributed by atoms with Crippen molar-refractivity contribution in [3.63, 3.8) is 0 Å². The van der Waals surface area contributed by atoms with Crippen molar-refractivity contribution in [3.05, 3.63) is 59.8 Å². The fourth-order valence-electron chi connectivity index (χ4n) is 4.20. The van der Waals surface area contributed by atoms with Crippen molar-refractivity contribution in [2.45, 2.75) is 39.7 Å². The van der Waals surface area contributed by atoms with Crippen molar-refractivity contribution in [1.82, 2.24) is 4.57 Å². The molecule has 3 aromatic rings. The van der Waals surface area contributed by atoms with Crippen molar-refractivity contribution in [3.8, 4) is 0 Å². The summed E-state index contributed by atoms with van der Waals surface area (Å²) in [5, 5.41) is 4.23. The van der Waals surface area contributed by atoms with Gasteiger partial charge in [-0.3, -0.25) is 4.79 Å². The van der Waals surface area contributed by atoms with Crippen LogP contribution in [-0.2, 0) is 6.54 Å². The van der Waals surface area contributed by atoms with Gasteiger partial charge in [0.05, 0.1) is 0 Å². The van der Waals surface area contributed by atoms with Crippen LogP contribution in [0.25, 0.3) is 10.9 Å². The molecule has 140 valence electrons. The van der Waals surface area contributed by atoms with Gasteiger partial charge in [0.25, 0.3) is 5.91 Å². The molecule has 1 N–H and O–H groups in total. The standard InChI is InChI=1S/C23H27N3O/c1-3-26-21-10-6-5-9-20(21)17(2)22(26)23(27)24-18-11-13-19(14-12-18)25-15-7-4-8-16-25/h5-6,9-14H,3-4,7-8,15-16H2,1-2H3,(H,24,27). The zero-order valence-electron chi connectivity index (χ0n) is 16.2. The van der Waals surface area contributed by atoms with Gasteiger partial charge in [-0.05, 0) is 69.0 Å². The highest BCUT2D eigenvalue weighted by molar-refractivity contribution is 6.08. The number of hydrogen-bond acceptors (Lipinski definition) is 2. The summed E-state index contributed by atoms with van der Waals surface area (Å²) in [6.45, 7) is 7.13. The normalized spacial score (nSPS) is 14.5. The number of amides is 1. The number of benzene rings is 2. The number of piperidine rings is 1. The molecule has 0 unspecified atom stereocenters. The summed E-state index contributed by atoms with van der Waals surface area (Å²) in [5.41, 5.74) is 4.98. The maximum atomic E-state index is 13.0. The summed E-state index contributed by atoms with van der Waals surface area (Å²) in [5.74, 6) is -0.0451. The lowest BCUT2D eigenvalue weighted by atomic mass is 10.1. The average Bonchev–Trinajstić information content (AvgIpc) is 3.01. The van der Waals surface area contributed by atoms with E-state index in [1.54, 1.807) is 0 Å². The number of fused-ring (bicyclic) bond motifs is 1. The largest absolute Gasteiger partial charge is 0.372 e. The minimum Gasteiger partial charge on any atom is -0.372 e. The van der Waals surface area contributed by atoms with Gasteiger partial charge in [-0.1, -0.05) is 18.2 Å². The van der Waals surface area contributed by atoms with Gasteiger partial charge in [0, 0.05) is 41.9 Å². The molecule has 2 aromatic carbocycles. The molecule has 2 heterocycles. The van der Waals surface area contributed by atoms with Crippen LogP contribution in [-0.4, -0.2) is 23.6 Å². The van der Waals surface area contributed by atoms with Crippen LogP contribution in [0.1, 0.15) is 42.2 Å². The third-order valence-corrected chi connectivity index (χ3v) is 5.60. The number of nitrogens with one attached hydrogen (secondary N) is 1. The lowest BCUT2D eigenvalue weighted by molar-refractivity contribution is 0.101. The van der Waals surface area contributed by atoms with Crippen molar-refractivity contribution in [1.29, 1.82) is 0 Å². The minimum atomic E-state index is -0.0451. The molecule has 0 aliphatic carbocycles. The Bertz CT molecular complexity index is 950. The quantitative estimate of drug-likeness (QED) is 0.692. The highest BCUT2D eigenvalue weighted by Gasteiger charge is 2.19. The number of carbonyl (C=O) groups is 1. The maximum absolute atomic E-state index is 13.0. The summed E-state index contributed by atoms with van der Waals surface area (Å²) >= 11 is 0. The van der Waals surface area contributed by atoms with Crippen LogP contribution in [0, 0.1) is 6.92 Å². The van der Waals surface area contributed by atoms with E-state index in [9.17, 15) is 4.79 Å². The summed E-state index contributed by atoms with van der Waals surface area (Å²) < 4.78 is 2.10. The molecule has 1 aliphatic heterocycles. The Morgan fingerprint density at radius 3 is 2.41 bits per heavy atom. The fraction of sp³-hybridized carbons (Fsp3) is 0.348. The van der Waals surface area contributed by atoms with Crippen molar-refractivity contribution in [2.75, 3.05) is 23.3 Å². The zero-order chi connectivity index (χ0) is 18.8. The van der Waals surface area contributed by atoms with E-state index >= 15 is 0 Å². The third kappa shape index (κ3) is 3.32. The molecule has 0 atom stereocenters. The molecule has 4 nitrogen and oxygen atoms in total. The number of hydrogen-bond donors (Lipinski definition) is 1. The molecule has 27 heavy (non-hydrogen) atoms. The number of rotatable bonds is 4. The van der Waals surface area contributed by atoms with Crippen LogP contribution in [0.2, 0.25) is 0 Å². The minimum absolute atomic E-state index is 0.0451. The molecule has 0 spiro atoms. The van der Waals surface area contributed by atoms with Crippen LogP contribution in [0.5, 0.6) is 0 Å². The predicted molar refractivity (Wildman–Crippen MR) is 113 cm³/mol. The first-order valence-corrected chi connectivity index (χ1v) is 9.93. The molecule has 1 amide bonds. The topological polar surface area (TPSA) is 37.3 Å². The van der Waals surface area contributed by atoms with Crippen LogP contribution in [0.4, 0.5) is 11.4 Å². The lowest BCUT2D eigenvalue weighted by Gasteiger charge is -2.28. The van der Waals surface area contributed by atoms with Crippen molar-refractivity contribution < 1.29 is 4.79 Å². The summed E-state index contributed by atoms with van der Waals surface area (Å²) in [4.78, 5) is 15.5. The van der Waals surface area contributed by atoms with E-state index < -0.39 is 0 Å². The van der Waals surface area contributed by atoms with Crippen molar-refractivity contribution >= 4 is 28.2 Å². The summed E-state index contributed by atoms with van der Waals surface area (Å²) in [7, 11) is 0. The Labute approximate surface area is 160 Å². The number of anilines is 2. The Kier molecular flexibility index (Phi) is 4.88. The first-order chi connectivity index (χ1) is 13.2. The van der Waals surface area contributed by atoms with E-state index in [1.165, 1.54) is 24.9 Å². The molecular formula is C23H27N3O. The highest BCUT2D eigenvalue weighted by atomic mass is 16.2. The van der Waals surface area contributed by atoms with E-state index in [0.717, 1.165) is 47.5 Å². The predicted octanol–water partition coefficient (Wildman–Crippen LogP) is 5.21. The second-order valence-electron chi connectivity index (χ2n) is 7.28. The molecule has 0 saturated carbocycles. The van der Waals surface area contributed by atoms with Gasteiger partial charge in [0.1, 0.15) is 5.69 Å². The molecule has 0 bridgehead atoms. The summed E-state index contributed by atoms with van der Waals surface area (Å²) in [6.07, 6.45) is 3.86. The number of nitrogens with zero attached hydrogens (tertiary/aromatic N) is 2. The number of carbonyl (C=O) groups excluding carboxylic acids is 1. The molecule has 1 aliphatic rings. The first kappa shape index (κ1) is 17.7. The monoisotopic (exact) mass is 361 g/mol. The molecular weight excluding hydrogens is 334 g/mol. The van der Waals surface area contributed by atoms with Gasteiger partial charge >= 0.3 is 0 Å². The molecule has 4 heteroatoms. The van der Waals surface area contributed by atoms with E-state index in [2.05, 4.69) is 46.0 Å². The van der Waals surface area contributed by atoms with E-state index in [-0.39, 0.29) is 5.91 Å². The van der Waals surface area contributed by atoms with Gasteiger partial charge < -0.3 is 14.8 Å². The van der Waals surface area contributed by atoms with Crippen molar-refractivity contribution in [2.24, 2.45) is 0 Å². The molecule has 0 radical (unpaired) electrons. The average molecular weight is 361 g/mol. The van der Waals surface area contributed by atoms with Gasteiger partial charge in [-0.15, -0.1) is 0 Å². The number of aryl methyl sites for hydroxylation is 2. The smallest absolute Gasteiger partial charge is 0.272 e. The van der Waals surface area contributed by atoms with Gasteiger partial charge in [-0.2, -0.15) is 0 Å². The van der Waals surface area contributed by atoms with E-state index in [0.29, 0.717) is 0 Å². The van der Waals surface area contributed by atoms with Gasteiger partial charge in [-0.25, -0.2) is 0 Å². The number of para-hydroxylation sites is 1.